The number of carbonyl (C=O) groups is 1. The Balaban J connectivity index is 2.32. The minimum Gasteiger partial charge on any atom is -0.299 e. The summed E-state index contributed by atoms with van der Waals surface area (Å²) in [6, 6.07) is 1.35. The second-order valence-corrected chi connectivity index (χ2v) is 8.36. The van der Waals surface area contributed by atoms with Crippen molar-refractivity contribution in [3.63, 3.8) is 0 Å². The molecule has 0 radical (unpaired) electrons. The van der Waals surface area contributed by atoms with Gasteiger partial charge in [-0.05, 0) is 6.07 Å². The number of rotatable bonds is 2. The molecular weight excluding hydrogens is 317 g/mol. The van der Waals surface area contributed by atoms with Crippen LogP contribution in [0.1, 0.15) is 13.3 Å². The summed E-state index contributed by atoms with van der Waals surface area (Å²) in [5.74, 6) is -0.183. The maximum Gasteiger partial charge on any atom is 0.245 e. The normalized spacial score (nSPS) is 22.4. The molecule has 0 saturated carbocycles. The Morgan fingerprint density at radius 3 is 2.61 bits per heavy atom. The highest BCUT2D eigenvalue weighted by molar-refractivity contribution is 7.89. The van der Waals surface area contributed by atoms with Gasteiger partial charge in [-0.2, -0.15) is 4.31 Å². The molecule has 1 atom stereocenters. The third-order valence-corrected chi connectivity index (χ3v) is 6.50. The second-order valence-electron chi connectivity index (χ2n) is 4.17. The summed E-state index contributed by atoms with van der Waals surface area (Å²) in [5, 5.41) is 0. The van der Waals surface area contributed by atoms with Crippen molar-refractivity contribution in [1.29, 1.82) is 0 Å². The molecule has 0 N–H and O–H groups in total. The molecule has 1 unspecified atom stereocenters. The Morgan fingerprint density at radius 1 is 1.44 bits per heavy atom. The minimum absolute atomic E-state index is 0.0284. The van der Waals surface area contributed by atoms with E-state index in [2.05, 4.69) is 0 Å². The van der Waals surface area contributed by atoms with Crippen LogP contribution in [0.3, 0.4) is 0 Å². The first-order chi connectivity index (χ1) is 8.32. The molecule has 18 heavy (non-hydrogen) atoms. The predicted molar refractivity (Wildman–Crippen MR) is 71.9 cm³/mol. The number of sulfonamides is 1. The number of Topliss-reactive ketones (excluding diaryl/α,β-unsaturated/α-hetero) is 1. The average molecular weight is 328 g/mol. The number of hydrogen-bond donors (Lipinski definition) is 0. The lowest BCUT2D eigenvalue weighted by atomic mass is 10.0. The van der Waals surface area contributed by atoms with Crippen molar-refractivity contribution in [2.45, 2.75) is 18.2 Å². The molecule has 0 spiro atoms. The summed E-state index contributed by atoms with van der Waals surface area (Å²) in [6.45, 7) is 2.13. The van der Waals surface area contributed by atoms with Crippen LogP contribution in [0.5, 0.6) is 0 Å². The average Bonchev–Trinajstić information content (AvgIpc) is 2.62. The molecule has 1 aliphatic heterocycles. The van der Waals surface area contributed by atoms with Crippen LogP contribution in [0.15, 0.2) is 11.0 Å². The standard InChI is InChI=1S/C10H11Cl2NO3S2/c1-6-5-13(3-2-7(6)14)18(15,16)8-4-9(11)17-10(8)12/h4,6H,2-3,5H2,1H3. The number of ketones is 1. The topological polar surface area (TPSA) is 54.5 Å². The van der Waals surface area contributed by atoms with Crippen molar-refractivity contribution in [2.24, 2.45) is 5.92 Å². The Morgan fingerprint density at radius 2 is 2.11 bits per heavy atom. The lowest BCUT2D eigenvalue weighted by Crippen LogP contribution is -2.43. The fraction of sp³-hybridized carbons (Fsp3) is 0.500. The van der Waals surface area contributed by atoms with Gasteiger partial charge in [0.15, 0.2) is 0 Å². The van der Waals surface area contributed by atoms with Crippen LogP contribution in [-0.2, 0) is 14.8 Å². The van der Waals surface area contributed by atoms with E-state index >= 15 is 0 Å². The molecule has 8 heteroatoms. The lowest BCUT2D eigenvalue weighted by molar-refractivity contribution is -0.124. The van der Waals surface area contributed by atoms with Gasteiger partial charge in [0.25, 0.3) is 0 Å². The zero-order valence-electron chi connectivity index (χ0n) is 9.52. The van der Waals surface area contributed by atoms with Gasteiger partial charge in [0, 0.05) is 25.4 Å². The van der Waals surface area contributed by atoms with Gasteiger partial charge in [0.2, 0.25) is 10.0 Å². The maximum absolute atomic E-state index is 12.4. The Bertz CT molecular complexity index is 582. The van der Waals surface area contributed by atoms with Crippen molar-refractivity contribution in [2.75, 3.05) is 13.1 Å². The molecule has 4 nitrogen and oxygen atoms in total. The molecule has 0 aliphatic carbocycles. The van der Waals surface area contributed by atoms with Gasteiger partial charge >= 0.3 is 0 Å². The van der Waals surface area contributed by atoms with E-state index in [0.29, 0.717) is 4.34 Å². The van der Waals surface area contributed by atoms with Crippen LogP contribution in [0.2, 0.25) is 8.67 Å². The highest BCUT2D eigenvalue weighted by Gasteiger charge is 2.34. The summed E-state index contributed by atoms with van der Waals surface area (Å²) < 4.78 is 26.5. The number of carbonyl (C=O) groups excluding carboxylic acids is 1. The number of thiophene rings is 1. The Hall–Kier alpha value is -0.140. The van der Waals surface area contributed by atoms with Crippen molar-refractivity contribution in [1.82, 2.24) is 4.31 Å². The van der Waals surface area contributed by atoms with E-state index in [4.69, 9.17) is 23.2 Å². The van der Waals surface area contributed by atoms with Crippen LogP contribution in [-0.4, -0.2) is 31.6 Å². The number of halogens is 2. The fourth-order valence-corrected chi connectivity index (χ4v) is 5.48. The molecule has 0 bridgehead atoms. The van der Waals surface area contributed by atoms with Crippen molar-refractivity contribution in [3.05, 3.63) is 14.7 Å². The molecular formula is C10H11Cl2NO3S2. The predicted octanol–water partition coefficient (Wildman–Crippen LogP) is 2.65. The van der Waals surface area contributed by atoms with E-state index in [0.717, 1.165) is 11.3 Å². The van der Waals surface area contributed by atoms with E-state index in [1.54, 1.807) is 6.92 Å². The maximum atomic E-state index is 12.4. The van der Waals surface area contributed by atoms with Crippen LogP contribution in [0, 0.1) is 5.92 Å². The van der Waals surface area contributed by atoms with Gasteiger partial charge in [-0.1, -0.05) is 30.1 Å². The van der Waals surface area contributed by atoms with Crippen LogP contribution < -0.4 is 0 Å². The van der Waals surface area contributed by atoms with Gasteiger partial charge in [0.1, 0.15) is 15.0 Å². The quantitative estimate of drug-likeness (QED) is 0.839. The zero-order valence-corrected chi connectivity index (χ0v) is 12.7. The van der Waals surface area contributed by atoms with Crippen LogP contribution in [0.4, 0.5) is 0 Å². The smallest absolute Gasteiger partial charge is 0.245 e. The summed E-state index contributed by atoms with van der Waals surface area (Å²) in [4.78, 5) is 11.4. The first kappa shape index (κ1) is 14.3. The fourth-order valence-electron chi connectivity index (χ4n) is 1.84. The number of hydrogen-bond acceptors (Lipinski definition) is 4. The largest absolute Gasteiger partial charge is 0.299 e. The third kappa shape index (κ3) is 2.58. The molecule has 2 rings (SSSR count). The summed E-state index contributed by atoms with van der Waals surface area (Å²) in [5.41, 5.74) is 0. The molecule has 1 aromatic rings. The van der Waals surface area contributed by atoms with E-state index in [1.807, 2.05) is 0 Å². The van der Waals surface area contributed by atoms with Gasteiger partial charge in [-0.3, -0.25) is 4.79 Å². The van der Waals surface area contributed by atoms with Gasteiger partial charge in [-0.25, -0.2) is 8.42 Å². The second kappa shape index (κ2) is 5.09. The molecule has 1 fully saturated rings. The third-order valence-electron chi connectivity index (χ3n) is 2.88. The summed E-state index contributed by atoms with van der Waals surface area (Å²) in [7, 11) is -3.65. The first-order valence-electron chi connectivity index (χ1n) is 5.30. The summed E-state index contributed by atoms with van der Waals surface area (Å²) >= 11 is 12.7. The lowest BCUT2D eigenvalue weighted by Gasteiger charge is -2.28. The number of piperidine rings is 1. The highest BCUT2D eigenvalue weighted by atomic mass is 35.5. The SMILES string of the molecule is CC1CN(S(=O)(=O)c2cc(Cl)sc2Cl)CCC1=O. The molecule has 1 aliphatic rings. The molecule has 0 aromatic carbocycles. The van der Waals surface area contributed by atoms with Crippen molar-refractivity contribution >= 4 is 50.3 Å². The van der Waals surface area contributed by atoms with E-state index in [9.17, 15) is 13.2 Å². The zero-order chi connectivity index (χ0) is 13.5. The molecule has 100 valence electrons. The van der Waals surface area contributed by atoms with E-state index in [-0.39, 0.29) is 40.4 Å². The van der Waals surface area contributed by atoms with E-state index < -0.39 is 10.0 Å². The van der Waals surface area contributed by atoms with Gasteiger partial charge in [0.05, 0.1) is 4.34 Å². The first-order valence-corrected chi connectivity index (χ1v) is 8.31. The van der Waals surface area contributed by atoms with Crippen LogP contribution in [0.25, 0.3) is 0 Å². The number of nitrogens with zero attached hydrogens (tertiary/aromatic N) is 1. The molecule has 0 amide bonds. The Labute approximate surface area is 120 Å². The molecule has 1 saturated heterocycles. The van der Waals surface area contributed by atoms with Gasteiger partial charge in [-0.15, -0.1) is 11.3 Å². The van der Waals surface area contributed by atoms with Crippen LogP contribution >= 0.6 is 34.5 Å². The van der Waals surface area contributed by atoms with Crippen molar-refractivity contribution in [3.8, 4) is 0 Å². The monoisotopic (exact) mass is 327 g/mol. The van der Waals surface area contributed by atoms with Crippen molar-refractivity contribution < 1.29 is 13.2 Å². The summed E-state index contributed by atoms with van der Waals surface area (Å²) in [6.07, 6.45) is 0.246. The van der Waals surface area contributed by atoms with Gasteiger partial charge < -0.3 is 0 Å². The molecule has 2 heterocycles. The van der Waals surface area contributed by atoms with E-state index in [1.165, 1.54) is 10.4 Å². The molecule has 1 aromatic heterocycles. The Kier molecular flexibility index (Phi) is 4.04. The minimum atomic E-state index is -3.65. The highest BCUT2D eigenvalue weighted by Crippen LogP contribution is 2.36.